The van der Waals surface area contributed by atoms with Crippen molar-refractivity contribution in [2.45, 2.75) is 12.8 Å². The minimum atomic E-state index is 0. The number of rotatable bonds is 2. The largest absolute Gasteiger partial charge is 0.378 e. The van der Waals surface area contributed by atoms with Crippen LogP contribution >= 0.6 is 24.0 Å². The Kier molecular flexibility index (Phi) is 4.73. The molecular formula is C13H18Cl2N4O. The topological polar surface area (TPSA) is 43.2 Å². The monoisotopic (exact) mass is 316 g/mol. The van der Waals surface area contributed by atoms with Crippen LogP contribution in [0.5, 0.6) is 0 Å². The van der Waals surface area contributed by atoms with Crippen molar-refractivity contribution in [3.05, 3.63) is 17.3 Å². The number of ether oxygens (including phenoxy) is 1. The number of aromatic nitrogens is 3. The summed E-state index contributed by atoms with van der Waals surface area (Å²) in [6.07, 6.45) is 0. The lowest BCUT2D eigenvalue weighted by molar-refractivity contribution is 0.122. The Morgan fingerprint density at radius 1 is 1.35 bits per heavy atom. The third-order valence-electron chi connectivity index (χ3n) is 3.51. The van der Waals surface area contributed by atoms with E-state index in [0.717, 1.165) is 54.4 Å². The van der Waals surface area contributed by atoms with E-state index < -0.39 is 0 Å². The molecule has 1 aliphatic heterocycles. The highest BCUT2D eigenvalue weighted by Crippen LogP contribution is 2.27. The molecular weight excluding hydrogens is 299 g/mol. The number of fused-ring (bicyclic) bond motifs is 1. The van der Waals surface area contributed by atoms with Crippen LogP contribution < -0.4 is 4.90 Å². The van der Waals surface area contributed by atoms with Crippen LogP contribution in [0.3, 0.4) is 0 Å². The fourth-order valence-electron chi connectivity index (χ4n) is 2.52. The Morgan fingerprint density at radius 2 is 2.05 bits per heavy atom. The molecule has 0 saturated carbocycles. The van der Waals surface area contributed by atoms with Crippen molar-refractivity contribution in [3.8, 4) is 0 Å². The van der Waals surface area contributed by atoms with Crippen molar-refractivity contribution >= 4 is 40.9 Å². The van der Waals surface area contributed by atoms with Gasteiger partial charge in [0.25, 0.3) is 0 Å². The first kappa shape index (κ1) is 15.4. The molecule has 0 radical (unpaired) electrons. The average Bonchev–Trinajstić information content (AvgIpc) is 2.73. The Morgan fingerprint density at radius 3 is 2.70 bits per heavy atom. The third kappa shape index (κ3) is 2.57. The zero-order chi connectivity index (χ0) is 13.4. The van der Waals surface area contributed by atoms with Gasteiger partial charge in [-0.15, -0.1) is 24.0 Å². The molecule has 0 bridgehead atoms. The number of pyridine rings is 1. The number of hydrogen-bond donors (Lipinski definition) is 0. The predicted molar refractivity (Wildman–Crippen MR) is 83.1 cm³/mol. The standard InChI is InChI=1S/C13H17ClN4O.ClH/c1-9-11-7-10(8-14)12(15-13(11)17(2)16-9)18-3-5-19-6-4-18;/h7H,3-6,8H2,1-2H3;1H. The molecule has 2 aromatic heterocycles. The second-order valence-electron chi connectivity index (χ2n) is 4.78. The van der Waals surface area contributed by atoms with E-state index in [0.29, 0.717) is 5.88 Å². The first-order valence-electron chi connectivity index (χ1n) is 6.42. The van der Waals surface area contributed by atoms with Crippen molar-refractivity contribution in [3.63, 3.8) is 0 Å². The van der Waals surface area contributed by atoms with Gasteiger partial charge in [-0.25, -0.2) is 4.98 Å². The summed E-state index contributed by atoms with van der Waals surface area (Å²) in [6, 6.07) is 2.11. The van der Waals surface area contributed by atoms with Gasteiger partial charge in [0.2, 0.25) is 0 Å². The van der Waals surface area contributed by atoms with Crippen molar-refractivity contribution in [1.82, 2.24) is 14.8 Å². The molecule has 0 atom stereocenters. The summed E-state index contributed by atoms with van der Waals surface area (Å²) in [6.45, 7) is 5.20. The SMILES string of the molecule is Cc1nn(C)c2nc(N3CCOCC3)c(CCl)cc12.Cl. The fourth-order valence-corrected chi connectivity index (χ4v) is 2.72. The Labute approximate surface area is 129 Å². The molecule has 1 aliphatic rings. The molecule has 3 heterocycles. The molecule has 1 fully saturated rings. The van der Waals surface area contributed by atoms with Crippen molar-refractivity contribution in [1.29, 1.82) is 0 Å². The van der Waals surface area contributed by atoms with E-state index in [-0.39, 0.29) is 12.4 Å². The van der Waals surface area contributed by atoms with Crippen molar-refractivity contribution in [2.75, 3.05) is 31.2 Å². The zero-order valence-corrected chi connectivity index (χ0v) is 13.2. The summed E-state index contributed by atoms with van der Waals surface area (Å²) in [5, 5.41) is 5.50. The van der Waals surface area contributed by atoms with E-state index >= 15 is 0 Å². The normalized spacial score (nSPS) is 15.4. The van der Waals surface area contributed by atoms with Gasteiger partial charge >= 0.3 is 0 Å². The molecule has 0 aromatic carbocycles. The van der Waals surface area contributed by atoms with Gasteiger partial charge in [0.1, 0.15) is 5.82 Å². The Bertz CT molecular complexity index is 608. The van der Waals surface area contributed by atoms with Crippen LogP contribution in [-0.4, -0.2) is 41.1 Å². The molecule has 7 heteroatoms. The molecule has 110 valence electrons. The average molecular weight is 317 g/mol. The molecule has 0 aliphatic carbocycles. The third-order valence-corrected chi connectivity index (χ3v) is 3.80. The van der Waals surface area contributed by atoms with Crippen LogP contribution in [0.25, 0.3) is 11.0 Å². The lowest BCUT2D eigenvalue weighted by Gasteiger charge is -2.29. The summed E-state index contributed by atoms with van der Waals surface area (Å²) < 4.78 is 7.22. The number of aryl methyl sites for hydroxylation is 2. The maximum atomic E-state index is 6.09. The number of hydrogen-bond acceptors (Lipinski definition) is 4. The quantitative estimate of drug-likeness (QED) is 0.797. The highest BCUT2D eigenvalue weighted by Gasteiger charge is 2.18. The number of alkyl halides is 1. The molecule has 0 spiro atoms. The summed E-state index contributed by atoms with van der Waals surface area (Å²) >= 11 is 6.09. The number of anilines is 1. The van der Waals surface area contributed by atoms with Crippen LogP contribution in [0.15, 0.2) is 6.07 Å². The molecule has 0 unspecified atom stereocenters. The minimum absolute atomic E-state index is 0. The Balaban J connectivity index is 0.00000147. The highest BCUT2D eigenvalue weighted by atomic mass is 35.5. The minimum Gasteiger partial charge on any atom is -0.378 e. The molecule has 5 nitrogen and oxygen atoms in total. The van der Waals surface area contributed by atoms with Gasteiger partial charge in [0.05, 0.1) is 24.8 Å². The van der Waals surface area contributed by atoms with Crippen LogP contribution in [0.2, 0.25) is 0 Å². The van der Waals surface area contributed by atoms with Gasteiger partial charge < -0.3 is 9.64 Å². The summed E-state index contributed by atoms with van der Waals surface area (Å²) in [7, 11) is 1.92. The van der Waals surface area contributed by atoms with E-state index in [1.807, 2.05) is 18.7 Å². The number of nitrogens with zero attached hydrogens (tertiary/aromatic N) is 4. The highest BCUT2D eigenvalue weighted by molar-refractivity contribution is 6.17. The lowest BCUT2D eigenvalue weighted by atomic mass is 10.2. The van der Waals surface area contributed by atoms with Crippen LogP contribution in [0.4, 0.5) is 5.82 Å². The van der Waals surface area contributed by atoms with Crippen molar-refractivity contribution in [2.24, 2.45) is 7.05 Å². The molecule has 1 saturated heterocycles. The first-order chi connectivity index (χ1) is 9.20. The molecule has 0 amide bonds. The number of halogens is 2. The van der Waals surface area contributed by atoms with E-state index in [2.05, 4.69) is 16.1 Å². The molecule has 3 rings (SSSR count). The predicted octanol–water partition coefficient (Wildman–Crippen LogP) is 2.27. The van der Waals surface area contributed by atoms with Crippen molar-refractivity contribution < 1.29 is 4.74 Å². The van der Waals surface area contributed by atoms with E-state index in [1.165, 1.54) is 0 Å². The van der Waals surface area contributed by atoms with E-state index in [4.69, 9.17) is 21.3 Å². The first-order valence-corrected chi connectivity index (χ1v) is 6.96. The van der Waals surface area contributed by atoms with Crippen LogP contribution in [0.1, 0.15) is 11.3 Å². The van der Waals surface area contributed by atoms with E-state index in [9.17, 15) is 0 Å². The second kappa shape index (κ2) is 6.16. The van der Waals surface area contributed by atoms with E-state index in [1.54, 1.807) is 0 Å². The summed E-state index contributed by atoms with van der Waals surface area (Å²) in [5.74, 6) is 1.43. The molecule has 20 heavy (non-hydrogen) atoms. The summed E-state index contributed by atoms with van der Waals surface area (Å²) in [4.78, 5) is 7.02. The second-order valence-corrected chi connectivity index (χ2v) is 5.05. The molecule has 0 N–H and O–H groups in total. The van der Waals surface area contributed by atoms with Gasteiger partial charge in [0.15, 0.2) is 5.65 Å². The van der Waals surface area contributed by atoms with Gasteiger partial charge in [-0.2, -0.15) is 5.10 Å². The van der Waals surface area contributed by atoms with Crippen LogP contribution in [0, 0.1) is 6.92 Å². The molecule has 2 aromatic rings. The van der Waals surface area contributed by atoms with Crippen LogP contribution in [-0.2, 0) is 17.7 Å². The van der Waals surface area contributed by atoms with Gasteiger partial charge in [-0.05, 0) is 13.0 Å². The zero-order valence-electron chi connectivity index (χ0n) is 11.6. The Hall–Kier alpha value is -1.04. The van der Waals surface area contributed by atoms with Gasteiger partial charge in [-0.1, -0.05) is 0 Å². The maximum absolute atomic E-state index is 6.09. The van der Waals surface area contributed by atoms with Gasteiger partial charge in [-0.3, -0.25) is 4.68 Å². The fraction of sp³-hybridized carbons (Fsp3) is 0.538. The number of morpholine rings is 1. The lowest BCUT2D eigenvalue weighted by Crippen LogP contribution is -2.37. The van der Waals surface area contributed by atoms with Gasteiger partial charge in [0, 0.05) is 31.1 Å². The summed E-state index contributed by atoms with van der Waals surface area (Å²) in [5.41, 5.74) is 2.96. The smallest absolute Gasteiger partial charge is 0.160 e. The maximum Gasteiger partial charge on any atom is 0.160 e.